The van der Waals surface area contributed by atoms with Crippen LogP contribution in [0.1, 0.15) is 33.6 Å². The average molecular weight is 317 g/mol. The van der Waals surface area contributed by atoms with Gasteiger partial charge in [-0.25, -0.2) is 0 Å². The Balaban J connectivity index is 1.58. The van der Waals surface area contributed by atoms with E-state index >= 15 is 0 Å². The van der Waals surface area contributed by atoms with E-state index in [-0.39, 0.29) is 5.91 Å². The van der Waals surface area contributed by atoms with Gasteiger partial charge in [-0.05, 0) is 42.5 Å². The number of piperidine rings is 1. The zero-order chi connectivity index (χ0) is 16.7. The Morgan fingerprint density at radius 2 is 2.00 bits per heavy atom. The summed E-state index contributed by atoms with van der Waals surface area (Å²) < 4.78 is 5.14. The van der Waals surface area contributed by atoms with Gasteiger partial charge in [-0.2, -0.15) is 0 Å². The largest absolute Gasteiger partial charge is 0.497 e. The van der Waals surface area contributed by atoms with E-state index in [0.29, 0.717) is 17.4 Å². The Kier molecular flexibility index (Phi) is 4.13. The van der Waals surface area contributed by atoms with Crippen molar-refractivity contribution in [3.63, 3.8) is 0 Å². The predicted molar refractivity (Wildman–Crippen MR) is 91.8 cm³/mol. The van der Waals surface area contributed by atoms with Crippen LogP contribution in [-0.2, 0) is 4.79 Å². The Hall–Kier alpha value is -1.55. The molecular formula is C19H29N2O2+. The van der Waals surface area contributed by atoms with Crippen LogP contribution in [0.25, 0.3) is 0 Å². The van der Waals surface area contributed by atoms with Crippen LogP contribution in [0.15, 0.2) is 24.3 Å². The normalized spacial score (nSPS) is 31.7. The number of hydrogen-bond acceptors (Lipinski definition) is 2. The van der Waals surface area contributed by atoms with E-state index < -0.39 is 0 Å². The fourth-order valence-electron chi connectivity index (χ4n) is 4.56. The summed E-state index contributed by atoms with van der Waals surface area (Å²) in [6.07, 6.45) is 2.61. The highest BCUT2D eigenvalue weighted by Gasteiger charge is 2.57. The minimum absolute atomic E-state index is 0.105. The fourth-order valence-corrected chi connectivity index (χ4v) is 4.56. The quantitative estimate of drug-likeness (QED) is 0.892. The molecule has 3 atom stereocenters. The second-order valence-corrected chi connectivity index (χ2v) is 8.10. The highest BCUT2D eigenvalue weighted by molar-refractivity contribution is 5.91. The van der Waals surface area contributed by atoms with Gasteiger partial charge in [0, 0.05) is 17.0 Å². The van der Waals surface area contributed by atoms with Crippen molar-refractivity contribution in [2.75, 3.05) is 32.1 Å². The third-order valence-electron chi connectivity index (χ3n) is 6.58. The van der Waals surface area contributed by atoms with E-state index in [1.54, 1.807) is 7.11 Å². The lowest BCUT2D eigenvalue weighted by molar-refractivity contribution is -0.910. The molecule has 1 unspecified atom stereocenters. The molecule has 4 heteroatoms. The van der Waals surface area contributed by atoms with Gasteiger partial charge in [0.2, 0.25) is 0 Å². The zero-order valence-electron chi connectivity index (χ0n) is 14.7. The first-order valence-corrected chi connectivity index (χ1v) is 8.61. The first-order valence-electron chi connectivity index (χ1n) is 8.61. The van der Waals surface area contributed by atoms with Gasteiger partial charge in [0.05, 0.1) is 20.2 Å². The van der Waals surface area contributed by atoms with E-state index in [1.807, 2.05) is 24.3 Å². The number of hydrogen-bond donors (Lipinski definition) is 2. The van der Waals surface area contributed by atoms with Gasteiger partial charge in [0.15, 0.2) is 6.54 Å². The number of carbonyl (C=O) groups is 1. The van der Waals surface area contributed by atoms with E-state index in [1.165, 1.54) is 17.7 Å². The molecule has 1 aliphatic carbocycles. The lowest BCUT2D eigenvalue weighted by atomic mass is 9.63. The second kappa shape index (κ2) is 5.82. The molecule has 1 amide bonds. The molecule has 23 heavy (non-hydrogen) atoms. The molecule has 1 saturated heterocycles. The van der Waals surface area contributed by atoms with Gasteiger partial charge < -0.3 is 15.0 Å². The molecule has 2 fully saturated rings. The topological polar surface area (TPSA) is 42.8 Å². The number of amides is 1. The molecule has 3 rings (SSSR count). The monoisotopic (exact) mass is 317 g/mol. The molecule has 2 aliphatic rings. The summed E-state index contributed by atoms with van der Waals surface area (Å²) in [6.45, 7) is 10.0. The molecule has 1 aromatic carbocycles. The van der Waals surface area contributed by atoms with Crippen molar-refractivity contribution in [3.05, 3.63) is 24.3 Å². The summed E-state index contributed by atoms with van der Waals surface area (Å²) >= 11 is 0. The molecule has 4 nitrogen and oxygen atoms in total. The number of fused-ring (bicyclic) bond motifs is 2. The lowest BCUT2D eigenvalue weighted by Crippen LogP contribution is -3.16. The van der Waals surface area contributed by atoms with Crippen molar-refractivity contribution >= 4 is 11.6 Å². The molecule has 1 heterocycles. The smallest absolute Gasteiger partial charge is 0.279 e. The van der Waals surface area contributed by atoms with Crippen LogP contribution in [0.5, 0.6) is 5.75 Å². The summed E-state index contributed by atoms with van der Waals surface area (Å²) in [5, 5.41) is 3.01. The summed E-state index contributed by atoms with van der Waals surface area (Å²) in [5.74, 6) is 1.65. The molecule has 1 saturated carbocycles. The van der Waals surface area contributed by atoms with Crippen molar-refractivity contribution in [1.29, 1.82) is 0 Å². The summed E-state index contributed by atoms with van der Waals surface area (Å²) in [5.41, 5.74) is 1.61. The summed E-state index contributed by atoms with van der Waals surface area (Å²) in [7, 11) is 1.64. The average Bonchev–Trinajstić information content (AvgIpc) is 2.64. The van der Waals surface area contributed by atoms with E-state index in [0.717, 1.165) is 30.4 Å². The van der Waals surface area contributed by atoms with E-state index in [2.05, 4.69) is 26.1 Å². The minimum atomic E-state index is 0.105. The van der Waals surface area contributed by atoms with Crippen LogP contribution in [0.2, 0.25) is 0 Å². The number of quaternary nitrogens is 1. The zero-order valence-corrected chi connectivity index (χ0v) is 14.7. The molecule has 0 radical (unpaired) electrons. The van der Waals surface area contributed by atoms with Crippen LogP contribution < -0.4 is 15.0 Å². The maximum Gasteiger partial charge on any atom is 0.279 e. The van der Waals surface area contributed by atoms with Gasteiger partial charge in [0.1, 0.15) is 5.75 Å². The number of nitrogens with one attached hydrogen (secondary N) is 2. The van der Waals surface area contributed by atoms with Gasteiger partial charge >= 0.3 is 0 Å². The van der Waals surface area contributed by atoms with Crippen LogP contribution in [0, 0.1) is 16.7 Å². The summed E-state index contributed by atoms with van der Waals surface area (Å²) in [4.78, 5) is 13.8. The van der Waals surface area contributed by atoms with Crippen molar-refractivity contribution in [2.24, 2.45) is 16.7 Å². The number of ether oxygens (including phenoxy) is 1. The maximum atomic E-state index is 12.4. The number of rotatable bonds is 4. The number of methoxy groups -OCH3 is 1. The fraction of sp³-hybridized carbons (Fsp3) is 0.632. The van der Waals surface area contributed by atoms with Crippen molar-refractivity contribution < 1.29 is 14.4 Å². The number of carbonyl (C=O) groups excluding carboxylic acids is 1. The van der Waals surface area contributed by atoms with E-state index in [9.17, 15) is 4.79 Å². The van der Waals surface area contributed by atoms with Gasteiger partial charge in [-0.3, -0.25) is 4.79 Å². The maximum absolute atomic E-state index is 12.4. The highest BCUT2D eigenvalue weighted by Crippen LogP contribution is 2.56. The Morgan fingerprint density at radius 3 is 2.61 bits per heavy atom. The number of likely N-dealkylation sites (tertiary alicyclic amines) is 1. The van der Waals surface area contributed by atoms with Crippen molar-refractivity contribution in [1.82, 2.24) is 0 Å². The number of benzene rings is 1. The molecule has 2 N–H and O–H groups in total. The highest BCUT2D eigenvalue weighted by atomic mass is 16.5. The second-order valence-electron chi connectivity index (χ2n) is 8.10. The SMILES string of the molecule is COc1ccc(NC(=O)C[NH+]2C[C@H]3CC[C@@](C)(C2)C3(C)C)cc1. The first kappa shape index (κ1) is 16.3. The molecule has 0 spiro atoms. The molecule has 126 valence electrons. The van der Waals surface area contributed by atoms with Gasteiger partial charge in [-0.15, -0.1) is 0 Å². The minimum Gasteiger partial charge on any atom is -0.497 e. The predicted octanol–water partition coefficient (Wildman–Crippen LogP) is 1.97. The summed E-state index contributed by atoms with van der Waals surface area (Å²) in [6, 6.07) is 7.51. The standard InChI is InChI=1S/C19H28N2O2/c1-18(2)14-9-10-19(18,3)13-21(11-14)12-17(22)20-15-5-7-16(23-4)8-6-15/h5-8,14H,9-13H2,1-4H3,(H,20,22)/p+1/t14-,19+/m1/s1. The molecular weight excluding hydrogens is 288 g/mol. The van der Waals surface area contributed by atoms with Gasteiger partial charge in [-0.1, -0.05) is 20.8 Å². The molecule has 0 aromatic heterocycles. The Labute approximate surface area is 139 Å². The molecule has 1 aliphatic heterocycles. The molecule has 2 bridgehead atoms. The van der Waals surface area contributed by atoms with Crippen LogP contribution in [-0.4, -0.2) is 32.7 Å². The lowest BCUT2D eigenvalue weighted by Gasteiger charge is -2.47. The van der Waals surface area contributed by atoms with E-state index in [4.69, 9.17) is 4.74 Å². The number of anilines is 1. The van der Waals surface area contributed by atoms with Gasteiger partial charge in [0.25, 0.3) is 5.91 Å². The Bertz CT molecular complexity index is 582. The Morgan fingerprint density at radius 1 is 1.30 bits per heavy atom. The van der Waals surface area contributed by atoms with Crippen LogP contribution in [0.3, 0.4) is 0 Å². The third-order valence-corrected chi connectivity index (χ3v) is 6.58. The van der Waals surface area contributed by atoms with Crippen LogP contribution >= 0.6 is 0 Å². The molecule has 1 aromatic rings. The van der Waals surface area contributed by atoms with Crippen molar-refractivity contribution in [2.45, 2.75) is 33.6 Å². The third kappa shape index (κ3) is 2.97. The first-order chi connectivity index (χ1) is 10.8. The van der Waals surface area contributed by atoms with Crippen LogP contribution in [0.4, 0.5) is 5.69 Å². The van der Waals surface area contributed by atoms with Crippen molar-refractivity contribution in [3.8, 4) is 5.75 Å².